The molecule has 0 fully saturated rings. The Morgan fingerprint density at radius 1 is 0.529 bits per heavy atom. The summed E-state index contributed by atoms with van der Waals surface area (Å²) < 4.78 is 0. The fourth-order valence-electron chi connectivity index (χ4n) is 1.54. The molecule has 1 N–H and O–H groups in total. The van der Waals surface area contributed by atoms with Crippen LogP contribution in [0, 0.1) is 0 Å². The number of fused-ring (bicyclic) bond motifs is 1. The maximum absolute atomic E-state index is 2.92. The van der Waals surface area contributed by atoms with Crippen LogP contribution in [-0.2, 0) is 0 Å². The highest BCUT2D eigenvalue weighted by Crippen LogP contribution is 2.11. The third-order valence-corrected chi connectivity index (χ3v) is 2.38. The van der Waals surface area contributed by atoms with Crippen molar-refractivity contribution in [3.8, 4) is 0 Å². The number of hydrogen-bond acceptors (Lipinski definition) is 1. The molecule has 0 aromatic heterocycles. The summed E-state index contributed by atoms with van der Waals surface area (Å²) in [7, 11) is 0. The summed E-state index contributed by atoms with van der Waals surface area (Å²) in [5, 5.41) is 5.54. The molecule has 2 aromatic carbocycles. The summed E-state index contributed by atoms with van der Waals surface area (Å²) >= 11 is 0. The average molecular weight is 221 g/mol. The van der Waals surface area contributed by atoms with Crippen LogP contribution in [0.25, 0.3) is 10.8 Å². The van der Waals surface area contributed by atoms with Crippen molar-refractivity contribution in [2.75, 3.05) is 0 Å². The van der Waals surface area contributed by atoms with E-state index in [4.69, 9.17) is 0 Å². The van der Waals surface area contributed by atoms with Gasteiger partial charge in [0.25, 0.3) is 0 Å². The average Bonchev–Trinajstić information content (AvgIpc) is 2.72. The van der Waals surface area contributed by atoms with E-state index in [0.717, 1.165) is 0 Å². The van der Waals surface area contributed by atoms with E-state index in [1.165, 1.54) is 10.8 Å². The number of rotatable bonds is 0. The second-order valence-corrected chi connectivity index (χ2v) is 3.62. The first kappa shape index (κ1) is 11.2. The maximum Gasteiger partial charge on any atom is 0.000442 e. The van der Waals surface area contributed by atoms with Crippen LogP contribution in [0.4, 0.5) is 0 Å². The molecular weight excluding hydrogens is 206 g/mol. The van der Waals surface area contributed by atoms with Gasteiger partial charge in [-0.05, 0) is 22.9 Å². The lowest BCUT2D eigenvalue weighted by atomic mass is 10.1. The Bertz CT molecular complexity index is 471. The molecule has 0 spiro atoms. The van der Waals surface area contributed by atoms with E-state index >= 15 is 0 Å². The van der Waals surface area contributed by atoms with Gasteiger partial charge < -0.3 is 5.32 Å². The van der Waals surface area contributed by atoms with Gasteiger partial charge in [-0.25, -0.2) is 0 Å². The molecule has 84 valence electrons. The topological polar surface area (TPSA) is 12.0 Å². The fourth-order valence-corrected chi connectivity index (χ4v) is 1.54. The standard InChI is InChI=1S/C10H8.C6H7N/c1-2-6-10-8-4-3-7-9(10)5-1;1-2-4-6-7-5-3-1/h1-8H;1-7H. The summed E-state index contributed by atoms with van der Waals surface area (Å²) in [4.78, 5) is 0. The molecule has 0 bridgehead atoms. The molecule has 2 aromatic rings. The largest absolute Gasteiger partial charge is 0.368 e. The molecule has 1 heteroatoms. The third kappa shape index (κ3) is 3.65. The molecule has 0 radical (unpaired) electrons. The molecule has 1 heterocycles. The van der Waals surface area contributed by atoms with E-state index in [1.54, 1.807) is 0 Å². The lowest BCUT2D eigenvalue weighted by Crippen LogP contribution is -1.87. The van der Waals surface area contributed by atoms with Gasteiger partial charge in [-0.15, -0.1) is 0 Å². The van der Waals surface area contributed by atoms with Crippen LogP contribution in [-0.4, -0.2) is 0 Å². The number of nitrogens with one attached hydrogen (secondary N) is 1. The summed E-state index contributed by atoms with van der Waals surface area (Å²) in [5.74, 6) is 0. The van der Waals surface area contributed by atoms with Crippen LogP contribution in [0.1, 0.15) is 0 Å². The first-order valence-corrected chi connectivity index (χ1v) is 5.65. The van der Waals surface area contributed by atoms with Gasteiger partial charge in [0.2, 0.25) is 0 Å². The molecule has 1 aliphatic rings. The summed E-state index contributed by atoms with van der Waals surface area (Å²) in [6.07, 6.45) is 11.6. The smallest absolute Gasteiger partial charge is 0.000442 e. The normalized spacial score (nSPS) is 12.5. The number of benzene rings is 2. The van der Waals surface area contributed by atoms with Crippen molar-refractivity contribution in [1.82, 2.24) is 5.32 Å². The number of allylic oxidation sites excluding steroid dienone is 4. The van der Waals surface area contributed by atoms with Gasteiger partial charge in [-0.2, -0.15) is 0 Å². The van der Waals surface area contributed by atoms with Crippen molar-refractivity contribution < 1.29 is 0 Å². The first-order chi connectivity index (χ1) is 8.47. The Balaban J connectivity index is 0.000000136. The Labute approximate surface area is 102 Å². The van der Waals surface area contributed by atoms with Crippen molar-refractivity contribution in [3.63, 3.8) is 0 Å². The summed E-state index contributed by atoms with van der Waals surface area (Å²) in [5.41, 5.74) is 0. The van der Waals surface area contributed by atoms with Gasteiger partial charge >= 0.3 is 0 Å². The molecule has 0 saturated carbocycles. The summed E-state index contributed by atoms with van der Waals surface area (Å²) in [6.45, 7) is 0. The van der Waals surface area contributed by atoms with Crippen molar-refractivity contribution >= 4 is 10.8 Å². The molecule has 3 rings (SSSR count). The van der Waals surface area contributed by atoms with Crippen LogP contribution in [0.2, 0.25) is 0 Å². The molecule has 0 saturated heterocycles. The summed E-state index contributed by atoms with van der Waals surface area (Å²) in [6, 6.07) is 16.7. The van der Waals surface area contributed by atoms with E-state index in [9.17, 15) is 0 Å². The molecule has 1 nitrogen and oxygen atoms in total. The molecule has 0 atom stereocenters. The van der Waals surface area contributed by atoms with E-state index in [2.05, 4.69) is 53.8 Å². The predicted octanol–water partition coefficient (Wildman–Crippen LogP) is 4.01. The van der Waals surface area contributed by atoms with Crippen LogP contribution in [0.5, 0.6) is 0 Å². The van der Waals surface area contributed by atoms with Gasteiger partial charge in [0.05, 0.1) is 0 Å². The zero-order valence-corrected chi connectivity index (χ0v) is 9.58. The van der Waals surface area contributed by atoms with Gasteiger partial charge in [-0.1, -0.05) is 60.7 Å². The minimum absolute atomic E-state index is 1.31. The monoisotopic (exact) mass is 221 g/mol. The van der Waals surface area contributed by atoms with Crippen LogP contribution in [0.3, 0.4) is 0 Å². The van der Waals surface area contributed by atoms with Crippen molar-refractivity contribution in [3.05, 3.63) is 85.2 Å². The van der Waals surface area contributed by atoms with Crippen LogP contribution in [0.15, 0.2) is 85.2 Å². The van der Waals surface area contributed by atoms with Crippen LogP contribution >= 0.6 is 0 Å². The number of hydrogen-bond donors (Lipinski definition) is 1. The second-order valence-electron chi connectivity index (χ2n) is 3.62. The third-order valence-electron chi connectivity index (χ3n) is 2.38. The van der Waals surface area contributed by atoms with E-state index in [0.29, 0.717) is 0 Å². The van der Waals surface area contributed by atoms with Crippen molar-refractivity contribution in [2.24, 2.45) is 0 Å². The lowest BCUT2D eigenvalue weighted by Gasteiger charge is -1.92. The molecular formula is C16H15N. The van der Waals surface area contributed by atoms with Gasteiger partial charge in [-0.3, -0.25) is 0 Å². The quantitative estimate of drug-likeness (QED) is 0.708. The highest BCUT2D eigenvalue weighted by atomic mass is 14.8. The zero-order valence-electron chi connectivity index (χ0n) is 9.58. The fraction of sp³-hybridized carbons (Fsp3) is 0. The second kappa shape index (κ2) is 6.33. The van der Waals surface area contributed by atoms with Crippen LogP contribution < -0.4 is 5.32 Å². The SMILES string of the molecule is C1=CC=CNC=C1.c1ccc2ccccc2c1. The minimum Gasteiger partial charge on any atom is -0.368 e. The maximum atomic E-state index is 2.92. The first-order valence-electron chi connectivity index (χ1n) is 5.65. The predicted molar refractivity (Wildman–Crippen MR) is 74.5 cm³/mol. The molecule has 17 heavy (non-hydrogen) atoms. The Morgan fingerprint density at radius 2 is 0.941 bits per heavy atom. The highest BCUT2D eigenvalue weighted by Gasteiger charge is 1.85. The molecule has 0 amide bonds. The van der Waals surface area contributed by atoms with E-state index < -0.39 is 0 Å². The van der Waals surface area contributed by atoms with Crippen molar-refractivity contribution in [2.45, 2.75) is 0 Å². The Morgan fingerprint density at radius 3 is 1.35 bits per heavy atom. The van der Waals surface area contributed by atoms with Gasteiger partial charge in [0, 0.05) is 12.4 Å². The van der Waals surface area contributed by atoms with Gasteiger partial charge in [0.15, 0.2) is 0 Å². The van der Waals surface area contributed by atoms with Crippen molar-refractivity contribution in [1.29, 1.82) is 0 Å². The lowest BCUT2D eigenvalue weighted by molar-refractivity contribution is 1.20. The molecule has 0 unspecified atom stereocenters. The molecule has 1 aliphatic heterocycles. The van der Waals surface area contributed by atoms with E-state index in [1.807, 2.05) is 36.7 Å². The Hall–Kier alpha value is -2.28. The van der Waals surface area contributed by atoms with Gasteiger partial charge in [0.1, 0.15) is 0 Å². The zero-order chi connectivity index (χ0) is 11.8. The minimum atomic E-state index is 1.31. The molecule has 0 aliphatic carbocycles. The van der Waals surface area contributed by atoms with E-state index in [-0.39, 0.29) is 0 Å². The highest BCUT2D eigenvalue weighted by molar-refractivity contribution is 5.81. The Kier molecular flexibility index (Phi) is 4.18.